The predicted octanol–water partition coefficient (Wildman–Crippen LogP) is 4.91. The summed E-state index contributed by atoms with van der Waals surface area (Å²) < 4.78 is 12.9. The van der Waals surface area contributed by atoms with Crippen molar-refractivity contribution >= 4 is 28.5 Å². The van der Waals surface area contributed by atoms with Gasteiger partial charge in [0, 0.05) is 17.0 Å². The number of anilines is 1. The first-order chi connectivity index (χ1) is 11.6. The van der Waals surface area contributed by atoms with Crippen molar-refractivity contribution in [1.82, 2.24) is 4.98 Å². The molecule has 0 unspecified atom stereocenters. The molecular weight excluding hydrogens is 323 g/mol. The van der Waals surface area contributed by atoms with E-state index in [9.17, 15) is 9.18 Å². The van der Waals surface area contributed by atoms with Gasteiger partial charge in [-0.3, -0.25) is 10.1 Å². The molecule has 0 aliphatic heterocycles. The molecule has 3 aromatic rings. The van der Waals surface area contributed by atoms with E-state index in [2.05, 4.69) is 10.3 Å². The summed E-state index contributed by atoms with van der Waals surface area (Å²) in [6.45, 7) is 2.02. The first-order valence-electron chi connectivity index (χ1n) is 7.37. The van der Waals surface area contributed by atoms with Crippen LogP contribution in [0.25, 0.3) is 17.3 Å². The van der Waals surface area contributed by atoms with Gasteiger partial charge in [-0.25, -0.2) is 9.37 Å². The lowest BCUT2D eigenvalue weighted by atomic mass is 10.1. The number of halogens is 1. The Kier molecular flexibility index (Phi) is 4.82. The Morgan fingerprint density at radius 1 is 1.12 bits per heavy atom. The Morgan fingerprint density at radius 2 is 1.83 bits per heavy atom. The van der Waals surface area contributed by atoms with Crippen LogP contribution in [-0.2, 0) is 4.79 Å². The van der Waals surface area contributed by atoms with Gasteiger partial charge in [-0.2, -0.15) is 0 Å². The molecular formula is C19H15FN2OS. The zero-order valence-electron chi connectivity index (χ0n) is 13.0. The van der Waals surface area contributed by atoms with Gasteiger partial charge in [-0.1, -0.05) is 29.8 Å². The number of hydrogen-bond donors (Lipinski definition) is 1. The lowest BCUT2D eigenvalue weighted by Gasteiger charge is -1.98. The minimum atomic E-state index is -0.288. The Labute approximate surface area is 143 Å². The number of thiazole rings is 1. The van der Waals surface area contributed by atoms with Gasteiger partial charge < -0.3 is 0 Å². The number of rotatable bonds is 4. The molecule has 1 heterocycles. The molecule has 0 aliphatic carbocycles. The molecule has 5 heteroatoms. The highest BCUT2D eigenvalue weighted by atomic mass is 32.1. The maximum absolute atomic E-state index is 12.9. The van der Waals surface area contributed by atoms with Crippen LogP contribution in [0.5, 0.6) is 0 Å². The third kappa shape index (κ3) is 4.14. The number of nitrogens with zero attached hydrogens (tertiary/aromatic N) is 1. The fourth-order valence-electron chi connectivity index (χ4n) is 2.08. The molecule has 3 nitrogen and oxygen atoms in total. The van der Waals surface area contributed by atoms with E-state index >= 15 is 0 Å². The highest BCUT2D eigenvalue weighted by Crippen LogP contribution is 2.25. The molecule has 1 N–H and O–H groups in total. The van der Waals surface area contributed by atoms with Crippen molar-refractivity contribution in [2.45, 2.75) is 6.92 Å². The summed E-state index contributed by atoms with van der Waals surface area (Å²) in [5.41, 5.74) is 3.65. The number of amides is 1. The molecule has 1 amide bonds. The lowest BCUT2D eigenvalue weighted by molar-refractivity contribution is -0.111. The van der Waals surface area contributed by atoms with Gasteiger partial charge in [0.1, 0.15) is 5.82 Å². The number of benzene rings is 2. The van der Waals surface area contributed by atoms with Crippen LogP contribution >= 0.6 is 11.3 Å². The number of aromatic nitrogens is 1. The van der Waals surface area contributed by atoms with E-state index in [1.165, 1.54) is 35.1 Å². The van der Waals surface area contributed by atoms with Gasteiger partial charge in [-0.15, -0.1) is 11.3 Å². The summed E-state index contributed by atoms with van der Waals surface area (Å²) in [6.07, 6.45) is 3.23. The second-order valence-electron chi connectivity index (χ2n) is 5.28. The van der Waals surface area contributed by atoms with E-state index in [1.807, 2.05) is 36.6 Å². The minimum Gasteiger partial charge on any atom is -0.298 e. The minimum absolute atomic E-state index is 0.240. The third-order valence-corrected chi connectivity index (χ3v) is 4.14. The van der Waals surface area contributed by atoms with E-state index in [-0.39, 0.29) is 11.7 Å². The zero-order chi connectivity index (χ0) is 16.9. The molecule has 120 valence electrons. The van der Waals surface area contributed by atoms with Gasteiger partial charge in [0.25, 0.3) is 0 Å². The summed E-state index contributed by atoms with van der Waals surface area (Å²) >= 11 is 1.33. The van der Waals surface area contributed by atoms with Crippen LogP contribution in [0, 0.1) is 12.7 Å². The molecule has 0 spiro atoms. The van der Waals surface area contributed by atoms with Crippen molar-refractivity contribution in [3.63, 3.8) is 0 Å². The molecule has 0 saturated carbocycles. The fourth-order valence-corrected chi connectivity index (χ4v) is 2.80. The van der Waals surface area contributed by atoms with E-state index in [0.29, 0.717) is 10.8 Å². The summed E-state index contributed by atoms with van der Waals surface area (Å²) in [5.74, 6) is -0.528. The van der Waals surface area contributed by atoms with Crippen LogP contribution in [-0.4, -0.2) is 10.9 Å². The second kappa shape index (κ2) is 7.19. The van der Waals surface area contributed by atoms with Gasteiger partial charge in [0.05, 0.1) is 5.69 Å². The average Bonchev–Trinajstić information content (AvgIpc) is 3.03. The van der Waals surface area contributed by atoms with Crippen molar-refractivity contribution in [1.29, 1.82) is 0 Å². The predicted molar refractivity (Wildman–Crippen MR) is 96.4 cm³/mol. The second-order valence-corrected chi connectivity index (χ2v) is 6.14. The van der Waals surface area contributed by atoms with Crippen LogP contribution in [0.15, 0.2) is 60.0 Å². The number of nitrogens with one attached hydrogen (secondary N) is 1. The third-order valence-electron chi connectivity index (χ3n) is 3.38. The Hall–Kier alpha value is -2.79. The number of carbonyl (C=O) groups excluding carboxylic acids is 1. The standard InChI is InChI=1S/C19H15FN2OS/c1-13-2-4-14(5-3-13)6-11-18(23)22-19-21-17(12-24-19)15-7-9-16(20)10-8-15/h2-12H,1H3,(H,21,22,23). The molecule has 0 atom stereocenters. The first kappa shape index (κ1) is 16.1. The molecule has 0 radical (unpaired) electrons. The van der Waals surface area contributed by atoms with Crippen LogP contribution in [0.3, 0.4) is 0 Å². The Morgan fingerprint density at radius 3 is 2.54 bits per heavy atom. The smallest absolute Gasteiger partial charge is 0.250 e. The van der Waals surface area contributed by atoms with E-state index in [0.717, 1.165) is 11.1 Å². The molecule has 0 bridgehead atoms. The SMILES string of the molecule is Cc1ccc(C=CC(=O)Nc2nc(-c3ccc(F)cc3)cs2)cc1. The topological polar surface area (TPSA) is 42.0 Å². The number of hydrogen-bond acceptors (Lipinski definition) is 3. The van der Waals surface area contributed by atoms with Gasteiger partial charge in [-0.05, 0) is 42.8 Å². The molecule has 2 aromatic carbocycles. The number of aryl methyl sites for hydroxylation is 1. The Balaban J connectivity index is 1.64. The van der Waals surface area contributed by atoms with Crippen molar-refractivity contribution < 1.29 is 9.18 Å². The summed E-state index contributed by atoms with van der Waals surface area (Å²) in [7, 11) is 0. The molecule has 0 fully saturated rings. The lowest BCUT2D eigenvalue weighted by Crippen LogP contribution is -2.07. The van der Waals surface area contributed by atoms with Crippen LogP contribution in [0.4, 0.5) is 9.52 Å². The summed E-state index contributed by atoms with van der Waals surface area (Å²) in [6, 6.07) is 14.0. The largest absolute Gasteiger partial charge is 0.298 e. The highest BCUT2D eigenvalue weighted by Gasteiger charge is 2.06. The van der Waals surface area contributed by atoms with E-state index < -0.39 is 0 Å². The van der Waals surface area contributed by atoms with E-state index in [1.54, 1.807) is 18.2 Å². The van der Waals surface area contributed by atoms with Crippen LogP contribution in [0.2, 0.25) is 0 Å². The van der Waals surface area contributed by atoms with Gasteiger partial charge >= 0.3 is 0 Å². The van der Waals surface area contributed by atoms with Crippen molar-refractivity contribution in [2.75, 3.05) is 5.32 Å². The maximum Gasteiger partial charge on any atom is 0.250 e. The van der Waals surface area contributed by atoms with Crippen LogP contribution < -0.4 is 5.32 Å². The molecule has 3 rings (SSSR count). The van der Waals surface area contributed by atoms with Crippen LogP contribution in [0.1, 0.15) is 11.1 Å². The zero-order valence-corrected chi connectivity index (χ0v) is 13.8. The first-order valence-corrected chi connectivity index (χ1v) is 8.25. The van der Waals surface area contributed by atoms with E-state index in [4.69, 9.17) is 0 Å². The molecule has 0 saturated heterocycles. The average molecular weight is 338 g/mol. The quantitative estimate of drug-likeness (QED) is 0.687. The summed E-state index contributed by atoms with van der Waals surface area (Å²) in [4.78, 5) is 16.3. The maximum atomic E-state index is 12.9. The Bertz CT molecular complexity index is 867. The van der Waals surface area contributed by atoms with Crippen molar-refractivity contribution in [3.8, 4) is 11.3 Å². The van der Waals surface area contributed by atoms with Gasteiger partial charge in [0.2, 0.25) is 5.91 Å². The molecule has 24 heavy (non-hydrogen) atoms. The van der Waals surface area contributed by atoms with Gasteiger partial charge in [0.15, 0.2) is 5.13 Å². The number of carbonyl (C=O) groups is 1. The monoisotopic (exact) mass is 338 g/mol. The normalized spacial score (nSPS) is 10.9. The summed E-state index contributed by atoms with van der Waals surface area (Å²) in [5, 5.41) is 5.07. The molecule has 0 aliphatic rings. The fraction of sp³-hybridized carbons (Fsp3) is 0.0526. The highest BCUT2D eigenvalue weighted by molar-refractivity contribution is 7.14. The molecule has 1 aromatic heterocycles. The van der Waals surface area contributed by atoms with Crippen molar-refractivity contribution in [2.24, 2.45) is 0 Å². The van der Waals surface area contributed by atoms with Crippen molar-refractivity contribution in [3.05, 3.63) is 76.9 Å².